The van der Waals surface area contributed by atoms with Crippen molar-refractivity contribution in [2.24, 2.45) is 0 Å². The molecule has 7 heteroatoms. The number of urea groups is 1. The van der Waals surface area contributed by atoms with E-state index in [9.17, 15) is 14.4 Å². The van der Waals surface area contributed by atoms with Crippen LogP contribution in [0.15, 0.2) is 30.5 Å². The molecule has 0 aliphatic carbocycles. The molecule has 1 atom stereocenters. The Morgan fingerprint density at radius 2 is 2.00 bits per heavy atom. The van der Waals surface area contributed by atoms with Gasteiger partial charge in [0.2, 0.25) is 0 Å². The van der Waals surface area contributed by atoms with E-state index in [1.54, 1.807) is 19.1 Å². The zero-order chi connectivity index (χ0) is 16.1. The molecule has 116 valence electrons. The van der Waals surface area contributed by atoms with Gasteiger partial charge in [0.1, 0.15) is 0 Å². The molecule has 1 aromatic carbocycles. The summed E-state index contributed by atoms with van der Waals surface area (Å²) in [5, 5.41) is 5.23. The maximum absolute atomic E-state index is 12.1. The Kier molecular flexibility index (Phi) is 4.77. The number of fused-ring (bicyclic) bond motifs is 1. The molecule has 0 bridgehead atoms. The third-order valence-corrected chi connectivity index (χ3v) is 3.04. The number of amides is 3. The van der Waals surface area contributed by atoms with Gasteiger partial charge >= 0.3 is 12.0 Å². The number of hydrogen-bond acceptors (Lipinski definition) is 4. The minimum atomic E-state index is -1.08. The van der Waals surface area contributed by atoms with Gasteiger partial charge in [-0.1, -0.05) is 18.2 Å². The fraction of sp³-hybridized carbons (Fsp3) is 0.267. The fourth-order valence-electron chi connectivity index (χ4n) is 1.94. The molecule has 0 spiro atoms. The molecule has 7 nitrogen and oxygen atoms in total. The minimum absolute atomic E-state index is 0.341. The maximum atomic E-state index is 12.1. The number of H-pyrrole nitrogens is 1. The molecule has 1 heterocycles. The summed E-state index contributed by atoms with van der Waals surface area (Å²) in [6.07, 6.45) is 0.449. The Hall–Kier alpha value is -2.83. The van der Waals surface area contributed by atoms with Crippen LogP contribution in [0.25, 0.3) is 10.9 Å². The van der Waals surface area contributed by atoms with Crippen molar-refractivity contribution in [3.05, 3.63) is 36.0 Å². The Balaban J connectivity index is 2.02. The highest BCUT2D eigenvalue weighted by Gasteiger charge is 2.22. The number of carbonyl (C=O) groups is 3. The van der Waals surface area contributed by atoms with Gasteiger partial charge in [0.25, 0.3) is 5.91 Å². The van der Waals surface area contributed by atoms with Crippen molar-refractivity contribution in [2.45, 2.75) is 20.0 Å². The quantitative estimate of drug-likeness (QED) is 0.746. The normalized spacial score (nSPS) is 11.7. The highest BCUT2D eigenvalue weighted by Crippen LogP contribution is 2.18. The number of aromatic amines is 1. The monoisotopic (exact) mass is 303 g/mol. The van der Waals surface area contributed by atoms with E-state index >= 15 is 0 Å². The number of aromatic nitrogens is 1. The van der Waals surface area contributed by atoms with Gasteiger partial charge in [-0.2, -0.15) is 0 Å². The summed E-state index contributed by atoms with van der Waals surface area (Å²) in [7, 11) is 0. The van der Waals surface area contributed by atoms with Crippen LogP contribution in [0, 0.1) is 0 Å². The number of hydrogen-bond donors (Lipinski definition) is 3. The smallest absolute Gasteiger partial charge is 0.341 e. The number of ether oxygens (including phenoxy) is 1. The van der Waals surface area contributed by atoms with Crippen LogP contribution in [-0.4, -0.2) is 35.5 Å². The summed E-state index contributed by atoms with van der Waals surface area (Å²) in [4.78, 5) is 38.1. The summed E-state index contributed by atoms with van der Waals surface area (Å²) >= 11 is 0. The lowest BCUT2D eigenvalue weighted by Gasteiger charge is -2.12. The zero-order valence-corrected chi connectivity index (χ0v) is 12.3. The van der Waals surface area contributed by atoms with Crippen molar-refractivity contribution in [1.29, 1.82) is 0 Å². The summed E-state index contributed by atoms with van der Waals surface area (Å²) in [6.45, 7) is 3.52. The van der Waals surface area contributed by atoms with Gasteiger partial charge in [0.05, 0.1) is 5.56 Å². The van der Waals surface area contributed by atoms with E-state index in [2.05, 4.69) is 15.6 Å². The van der Waals surface area contributed by atoms with Crippen LogP contribution in [0.4, 0.5) is 4.79 Å². The second-order valence-electron chi connectivity index (χ2n) is 4.64. The first-order chi connectivity index (χ1) is 10.5. The lowest BCUT2D eigenvalue weighted by molar-refractivity contribution is -0.127. The van der Waals surface area contributed by atoms with E-state index in [0.717, 1.165) is 5.52 Å². The SMILES string of the molecule is CCNC(=O)NC(=O)C(C)OC(=O)c1c[nH]c2ccccc12. The Morgan fingerprint density at radius 3 is 2.73 bits per heavy atom. The minimum Gasteiger partial charge on any atom is -0.449 e. The summed E-state index contributed by atoms with van der Waals surface area (Å²) < 4.78 is 5.09. The topological polar surface area (TPSA) is 100 Å². The zero-order valence-electron chi connectivity index (χ0n) is 12.3. The molecule has 3 N–H and O–H groups in total. The summed E-state index contributed by atoms with van der Waals surface area (Å²) in [6, 6.07) is 6.63. The van der Waals surface area contributed by atoms with Crippen LogP contribution >= 0.6 is 0 Å². The first-order valence-electron chi connectivity index (χ1n) is 6.88. The molecule has 2 rings (SSSR count). The highest BCUT2D eigenvalue weighted by atomic mass is 16.5. The van der Waals surface area contributed by atoms with Crippen molar-refractivity contribution in [1.82, 2.24) is 15.6 Å². The first-order valence-corrected chi connectivity index (χ1v) is 6.88. The van der Waals surface area contributed by atoms with E-state index in [4.69, 9.17) is 4.74 Å². The van der Waals surface area contributed by atoms with Crippen LogP contribution in [-0.2, 0) is 9.53 Å². The molecule has 1 unspecified atom stereocenters. The standard InChI is InChI=1S/C15H17N3O4/c1-3-16-15(21)18-13(19)9(2)22-14(20)11-8-17-12-7-5-4-6-10(11)12/h4-9,17H,3H2,1-2H3,(H2,16,18,19,21). The molecule has 1 aromatic heterocycles. The van der Waals surface area contributed by atoms with E-state index in [-0.39, 0.29) is 0 Å². The second kappa shape index (κ2) is 6.75. The molecule has 3 amide bonds. The van der Waals surface area contributed by atoms with Gasteiger partial charge in [-0.05, 0) is 19.9 Å². The van der Waals surface area contributed by atoms with Gasteiger partial charge in [-0.3, -0.25) is 10.1 Å². The number of para-hydroxylation sites is 1. The van der Waals surface area contributed by atoms with Crippen molar-refractivity contribution in [2.75, 3.05) is 6.54 Å². The number of nitrogens with one attached hydrogen (secondary N) is 3. The van der Waals surface area contributed by atoms with Crippen LogP contribution < -0.4 is 10.6 Å². The van der Waals surface area contributed by atoms with E-state index in [1.165, 1.54) is 13.1 Å². The van der Waals surface area contributed by atoms with Crippen molar-refractivity contribution < 1.29 is 19.1 Å². The molecule has 22 heavy (non-hydrogen) atoms. The molecule has 0 saturated carbocycles. The molecule has 0 fully saturated rings. The fourth-order valence-corrected chi connectivity index (χ4v) is 1.94. The lowest BCUT2D eigenvalue weighted by Crippen LogP contribution is -2.44. The average molecular weight is 303 g/mol. The molecule has 2 aromatic rings. The van der Waals surface area contributed by atoms with E-state index < -0.39 is 24.0 Å². The average Bonchev–Trinajstić information content (AvgIpc) is 2.91. The molecule has 0 radical (unpaired) electrons. The Morgan fingerprint density at radius 1 is 1.27 bits per heavy atom. The molecule has 0 aliphatic heterocycles. The summed E-state index contributed by atoms with van der Waals surface area (Å²) in [5.74, 6) is -1.31. The number of esters is 1. The van der Waals surface area contributed by atoms with Crippen LogP contribution in [0.5, 0.6) is 0 Å². The predicted octanol–water partition coefficient (Wildman–Crippen LogP) is 1.56. The number of carbonyl (C=O) groups excluding carboxylic acids is 3. The third kappa shape index (κ3) is 3.43. The van der Waals surface area contributed by atoms with Gasteiger partial charge in [0, 0.05) is 23.6 Å². The molecule has 0 aliphatic rings. The number of imide groups is 1. The van der Waals surface area contributed by atoms with Gasteiger partial charge in [-0.25, -0.2) is 9.59 Å². The maximum Gasteiger partial charge on any atom is 0.341 e. The first kappa shape index (κ1) is 15.6. The highest BCUT2D eigenvalue weighted by molar-refractivity contribution is 6.05. The van der Waals surface area contributed by atoms with Gasteiger partial charge in [0.15, 0.2) is 6.10 Å². The Labute approximate surface area is 127 Å². The van der Waals surface area contributed by atoms with Crippen LogP contribution in [0.3, 0.4) is 0 Å². The van der Waals surface area contributed by atoms with Gasteiger partial charge < -0.3 is 15.0 Å². The van der Waals surface area contributed by atoms with Crippen molar-refractivity contribution in [3.8, 4) is 0 Å². The molecule has 0 saturated heterocycles. The van der Waals surface area contributed by atoms with Crippen LogP contribution in [0.1, 0.15) is 24.2 Å². The molecular weight excluding hydrogens is 286 g/mol. The third-order valence-electron chi connectivity index (χ3n) is 3.04. The molecular formula is C15H17N3O4. The van der Waals surface area contributed by atoms with E-state index in [0.29, 0.717) is 17.5 Å². The summed E-state index contributed by atoms with van der Waals surface area (Å²) in [5.41, 5.74) is 1.14. The van der Waals surface area contributed by atoms with Crippen LogP contribution in [0.2, 0.25) is 0 Å². The van der Waals surface area contributed by atoms with Crippen molar-refractivity contribution in [3.63, 3.8) is 0 Å². The number of rotatable bonds is 4. The Bertz CT molecular complexity index is 708. The second-order valence-corrected chi connectivity index (χ2v) is 4.64. The van der Waals surface area contributed by atoms with Crippen molar-refractivity contribution >= 4 is 28.8 Å². The van der Waals surface area contributed by atoms with Gasteiger partial charge in [-0.15, -0.1) is 0 Å². The largest absolute Gasteiger partial charge is 0.449 e. The predicted molar refractivity (Wildman–Crippen MR) is 80.4 cm³/mol. The lowest BCUT2D eigenvalue weighted by atomic mass is 10.2. The van der Waals surface area contributed by atoms with E-state index in [1.807, 2.05) is 12.1 Å². The number of benzene rings is 1.